The minimum Gasteiger partial charge on any atom is -0.376 e. The monoisotopic (exact) mass is 302 g/mol. The number of carbonyl (C=O) groups excluding carboxylic acids is 2. The fourth-order valence-corrected chi connectivity index (χ4v) is 3.07. The molecule has 0 bridgehead atoms. The summed E-state index contributed by atoms with van der Waals surface area (Å²) in [6.45, 7) is 2.43. The van der Waals surface area contributed by atoms with E-state index in [2.05, 4.69) is 5.32 Å². The molecule has 3 rings (SSSR count). The molecule has 2 amide bonds. The number of nitrogens with zero attached hydrogens (tertiary/aromatic N) is 1. The summed E-state index contributed by atoms with van der Waals surface area (Å²) in [7, 11) is 0. The summed E-state index contributed by atoms with van der Waals surface area (Å²) in [6.07, 6.45) is 2.52. The zero-order chi connectivity index (χ0) is 15.4. The van der Waals surface area contributed by atoms with Gasteiger partial charge in [-0.2, -0.15) is 0 Å². The smallest absolute Gasteiger partial charge is 0.225 e. The Morgan fingerprint density at radius 2 is 2.14 bits per heavy atom. The van der Waals surface area contributed by atoms with Crippen LogP contribution in [0.4, 0.5) is 0 Å². The summed E-state index contributed by atoms with van der Waals surface area (Å²) in [6, 6.07) is 9.87. The summed E-state index contributed by atoms with van der Waals surface area (Å²) in [5.41, 5.74) is 1.09. The maximum atomic E-state index is 12.2. The molecule has 0 saturated carbocycles. The number of rotatable bonds is 5. The third kappa shape index (κ3) is 3.65. The van der Waals surface area contributed by atoms with Gasteiger partial charge in [-0.1, -0.05) is 30.3 Å². The molecule has 5 nitrogen and oxygen atoms in total. The second-order valence-corrected chi connectivity index (χ2v) is 6.04. The molecule has 0 aromatic heterocycles. The lowest BCUT2D eigenvalue weighted by Gasteiger charge is -2.17. The molecule has 0 radical (unpaired) electrons. The molecule has 2 aliphatic rings. The number of hydrogen-bond acceptors (Lipinski definition) is 3. The Morgan fingerprint density at radius 1 is 1.32 bits per heavy atom. The summed E-state index contributed by atoms with van der Waals surface area (Å²) in [5, 5.41) is 2.93. The molecule has 0 unspecified atom stereocenters. The van der Waals surface area contributed by atoms with Crippen molar-refractivity contribution < 1.29 is 14.3 Å². The van der Waals surface area contributed by atoms with Gasteiger partial charge in [0.1, 0.15) is 0 Å². The zero-order valence-corrected chi connectivity index (χ0v) is 12.7. The Bertz CT molecular complexity index is 526. The van der Waals surface area contributed by atoms with Gasteiger partial charge in [0.25, 0.3) is 0 Å². The molecular weight excluding hydrogens is 280 g/mol. The Labute approximate surface area is 130 Å². The van der Waals surface area contributed by atoms with Crippen LogP contribution in [-0.2, 0) is 20.9 Å². The first-order chi connectivity index (χ1) is 10.7. The van der Waals surface area contributed by atoms with E-state index in [0.717, 1.165) is 25.0 Å². The molecule has 2 fully saturated rings. The standard InChI is InChI=1S/C17H22N2O3/c20-16-9-14(17(21)18-10-15-7-4-8-22-15)12-19(16)11-13-5-2-1-3-6-13/h1-3,5-6,14-15H,4,7-12H2,(H,18,21)/t14-,15+/m0/s1. The summed E-state index contributed by atoms with van der Waals surface area (Å²) in [5.74, 6) is -0.210. The fourth-order valence-electron chi connectivity index (χ4n) is 3.07. The van der Waals surface area contributed by atoms with Crippen LogP contribution in [0.5, 0.6) is 0 Å². The molecule has 2 heterocycles. The van der Waals surface area contributed by atoms with Gasteiger partial charge in [-0.3, -0.25) is 9.59 Å². The number of likely N-dealkylation sites (tertiary alicyclic amines) is 1. The molecule has 0 aliphatic carbocycles. The van der Waals surface area contributed by atoms with Crippen molar-refractivity contribution in [1.82, 2.24) is 10.2 Å². The van der Waals surface area contributed by atoms with Crippen LogP contribution in [0.2, 0.25) is 0 Å². The lowest BCUT2D eigenvalue weighted by molar-refractivity contribution is -0.129. The summed E-state index contributed by atoms with van der Waals surface area (Å²) in [4.78, 5) is 26.0. The van der Waals surface area contributed by atoms with E-state index in [9.17, 15) is 9.59 Å². The fraction of sp³-hybridized carbons (Fsp3) is 0.529. The maximum absolute atomic E-state index is 12.2. The van der Waals surface area contributed by atoms with Crippen LogP contribution in [-0.4, -0.2) is 42.5 Å². The highest BCUT2D eigenvalue weighted by atomic mass is 16.5. The molecule has 118 valence electrons. The Kier molecular flexibility index (Phi) is 4.73. The van der Waals surface area contributed by atoms with Gasteiger partial charge >= 0.3 is 0 Å². The summed E-state index contributed by atoms with van der Waals surface area (Å²) >= 11 is 0. The average molecular weight is 302 g/mol. The van der Waals surface area contributed by atoms with Gasteiger partial charge in [0.15, 0.2) is 0 Å². The van der Waals surface area contributed by atoms with Crippen molar-refractivity contribution in [2.75, 3.05) is 19.7 Å². The number of ether oxygens (including phenoxy) is 1. The highest BCUT2D eigenvalue weighted by molar-refractivity contribution is 5.89. The molecule has 1 aromatic carbocycles. The first-order valence-electron chi connectivity index (χ1n) is 7.93. The minimum atomic E-state index is -0.238. The maximum Gasteiger partial charge on any atom is 0.225 e. The molecular formula is C17H22N2O3. The quantitative estimate of drug-likeness (QED) is 0.893. The molecule has 2 atom stereocenters. The first-order valence-corrected chi connectivity index (χ1v) is 7.93. The average Bonchev–Trinajstić information content (AvgIpc) is 3.16. The van der Waals surface area contributed by atoms with Gasteiger partial charge in [-0.25, -0.2) is 0 Å². The van der Waals surface area contributed by atoms with Crippen LogP contribution in [0.1, 0.15) is 24.8 Å². The normalized spacial score (nSPS) is 24.7. The molecule has 22 heavy (non-hydrogen) atoms. The Balaban J connectivity index is 1.49. The van der Waals surface area contributed by atoms with Gasteiger partial charge in [-0.15, -0.1) is 0 Å². The second kappa shape index (κ2) is 6.92. The third-order valence-electron chi connectivity index (χ3n) is 4.33. The van der Waals surface area contributed by atoms with Gasteiger partial charge in [0, 0.05) is 32.7 Å². The van der Waals surface area contributed by atoms with E-state index in [1.807, 2.05) is 30.3 Å². The van der Waals surface area contributed by atoms with Crippen molar-refractivity contribution in [2.24, 2.45) is 5.92 Å². The second-order valence-electron chi connectivity index (χ2n) is 6.04. The highest BCUT2D eigenvalue weighted by Gasteiger charge is 2.34. The highest BCUT2D eigenvalue weighted by Crippen LogP contribution is 2.20. The Morgan fingerprint density at radius 3 is 2.86 bits per heavy atom. The molecule has 1 N–H and O–H groups in total. The predicted molar refractivity (Wildman–Crippen MR) is 81.9 cm³/mol. The van der Waals surface area contributed by atoms with Gasteiger partial charge in [0.2, 0.25) is 11.8 Å². The van der Waals surface area contributed by atoms with E-state index >= 15 is 0 Å². The predicted octanol–water partition coefficient (Wildman–Crippen LogP) is 1.33. The van der Waals surface area contributed by atoms with E-state index in [4.69, 9.17) is 4.74 Å². The van der Waals surface area contributed by atoms with Crippen molar-refractivity contribution >= 4 is 11.8 Å². The number of amides is 2. The topological polar surface area (TPSA) is 58.6 Å². The van der Waals surface area contributed by atoms with Crippen molar-refractivity contribution in [3.8, 4) is 0 Å². The van der Waals surface area contributed by atoms with Crippen LogP contribution in [0.15, 0.2) is 30.3 Å². The zero-order valence-electron chi connectivity index (χ0n) is 12.7. The minimum absolute atomic E-state index is 0.0283. The first kappa shape index (κ1) is 15.0. The Hall–Kier alpha value is -1.88. The number of benzene rings is 1. The molecule has 1 aromatic rings. The third-order valence-corrected chi connectivity index (χ3v) is 4.33. The number of nitrogens with one attached hydrogen (secondary N) is 1. The van der Waals surface area contributed by atoms with Crippen LogP contribution in [0.3, 0.4) is 0 Å². The largest absolute Gasteiger partial charge is 0.376 e. The lowest BCUT2D eigenvalue weighted by Crippen LogP contribution is -2.37. The SMILES string of the molecule is O=C(NC[C@H]1CCCO1)[C@H]1CC(=O)N(Cc2ccccc2)C1. The van der Waals surface area contributed by atoms with E-state index in [0.29, 0.717) is 26.1 Å². The van der Waals surface area contributed by atoms with Crippen molar-refractivity contribution in [3.05, 3.63) is 35.9 Å². The van der Waals surface area contributed by atoms with Crippen molar-refractivity contribution in [2.45, 2.75) is 31.9 Å². The number of hydrogen-bond donors (Lipinski definition) is 1. The summed E-state index contributed by atoms with van der Waals surface area (Å²) < 4.78 is 5.50. The molecule has 5 heteroatoms. The lowest BCUT2D eigenvalue weighted by atomic mass is 10.1. The van der Waals surface area contributed by atoms with Gasteiger partial charge < -0.3 is 15.0 Å². The molecule has 2 aliphatic heterocycles. The van der Waals surface area contributed by atoms with Gasteiger partial charge in [-0.05, 0) is 18.4 Å². The molecule has 0 spiro atoms. The van der Waals surface area contributed by atoms with Crippen LogP contribution in [0, 0.1) is 5.92 Å². The van der Waals surface area contributed by atoms with E-state index in [1.54, 1.807) is 4.90 Å². The van der Waals surface area contributed by atoms with E-state index in [1.165, 1.54) is 0 Å². The van der Waals surface area contributed by atoms with Crippen molar-refractivity contribution in [3.63, 3.8) is 0 Å². The number of carbonyl (C=O) groups is 2. The van der Waals surface area contributed by atoms with Crippen molar-refractivity contribution in [1.29, 1.82) is 0 Å². The van der Waals surface area contributed by atoms with Gasteiger partial charge in [0.05, 0.1) is 12.0 Å². The van der Waals surface area contributed by atoms with Crippen LogP contribution in [0.25, 0.3) is 0 Å². The molecule has 2 saturated heterocycles. The van der Waals surface area contributed by atoms with E-state index < -0.39 is 0 Å². The van der Waals surface area contributed by atoms with E-state index in [-0.39, 0.29) is 23.8 Å². The van der Waals surface area contributed by atoms with Crippen LogP contribution >= 0.6 is 0 Å². The van der Waals surface area contributed by atoms with Crippen LogP contribution < -0.4 is 5.32 Å².